The summed E-state index contributed by atoms with van der Waals surface area (Å²) in [5.41, 5.74) is -0.160. The van der Waals surface area contributed by atoms with Gasteiger partial charge in [-0.1, -0.05) is 0 Å². The first-order valence-electron chi connectivity index (χ1n) is 8.47. The highest BCUT2D eigenvalue weighted by Crippen LogP contribution is 2.25. The van der Waals surface area contributed by atoms with Gasteiger partial charge in [0.25, 0.3) is 0 Å². The maximum atomic E-state index is 12.0. The van der Waals surface area contributed by atoms with Gasteiger partial charge in [0.15, 0.2) is 0 Å². The van der Waals surface area contributed by atoms with Crippen molar-refractivity contribution < 1.29 is 70.5 Å². The summed E-state index contributed by atoms with van der Waals surface area (Å²) >= 11 is 0. The molecule has 0 radical (unpaired) electrons. The van der Waals surface area contributed by atoms with Gasteiger partial charge in [-0.25, -0.2) is 17.3 Å². The molecule has 190 valence electrons. The Hall–Kier alpha value is -2.10. The van der Waals surface area contributed by atoms with E-state index in [2.05, 4.69) is 17.3 Å². The summed E-state index contributed by atoms with van der Waals surface area (Å²) in [6.07, 6.45) is -1.71. The largest absolute Gasteiger partial charge is 0.493 e. The van der Waals surface area contributed by atoms with Crippen LogP contribution in [0.2, 0.25) is 0 Å². The first-order valence-corrected chi connectivity index (χ1v) is 12.6. The third kappa shape index (κ3) is 13.3. The zero-order valence-electron chi connectivity index (χ0n) is 16.7. The van der Waals surface area contributed by atoms with E-state index in [1.54, 1.807) is 0 Å². The van der Waals surface area contributed by atoms with Crippen molar-refractivity contribution in [2.24, 2.45) is 0 Å². The highest BCUT2D eigenvalue weighted by molar-refractivity contribution is 7.81. The first kappa shape index (κ1) is 28.9. The van der Waals surface area contributed by atoms with Crippen LogP contribution >= 0.6 is 0 Å². The minimum atomic E-state index is -5.05. The fraction of sp³-hybridized carbons (Fsp3) is 0.500. The third-order valence-electron chi connectivity index (χ3n) is 3.23. The molecule has 0 amide bonds. The molecule has 0 aromatic heterocycles. The second-order valence-corrected chi connectivity index (χ2v) is 9.00. The van der Waals surface area contributed by atoms with E-state index < -0.39 is 63.1 Å². The molecular weight excluding hydrogens is 520 g/mol. The van der Waals surface area contributed by atoms with E-state index >= 15 is 0 Å². The number of carbonyl (C=O) groups excluding carboxylic acids is 1. The van der Waals surface area contributed by atoms with Crippen molar-refractivity contribution in [2.45, 2.75) is 12.5 Å². The summed E-state index contributed by atoms with van der Waals surface area (Å²) in [5, 5.41) is 0. The fourth-order valence-corrected chi connectivity index (χ4v) is 3.13. The lowest BCUT2D eigenvalue weighted by atomic mass is 10.2. The molecule has 0 bridgehead atoms. The Kier molecular flexibility index (Phi) is 10.9. The van der Waals surface area contributed by atoms with Crippen LogP contribution in [0, 0.1) is 0 Å². The average Bonchev–Trinajstić information content (AvgIpc) is 2.67. The zero-order chi connectivity index (χ0) is 25.3. The number of methoxy groups -OCH3 is 1. The van der Waals surface area contributed by atoms with Gasteiger partial charge < -0.3 is 14.2 Å². The zero-order valence-corrected chi connectivity index (χ0v) is 19.2. The lowest BCUT2D eigenvalue weighted by Crippen LogP contribution is -2.30. The number of hydrogen-bond donors (Lipinski definition) is 3. The van der Waals surface area contributed by atoms with E-state index in [1.165, 1.54) is 12.1 Å². The number of benzene rings is 1. The van der Waals surface area contributed by atoms with E-state index in [0.29, 0.717) is 0 Å². The quantitative estimate of drug-likeness (QED) is 0.144. The highest BCUT2D eigenvalue weighted by Gasteiger charge is 2.22. The molecule has 1 atom stereocenters. The lowest BCUT2D eigenvalue weighted by Gasteiger charge is -2.17. The van der Waals surface area contributed by atoms with Crippen molar-refractivity contribution in [1.82, 2.24) is 0 Å². The van der Waals surface area contributed by atoms with Crippen LogP contribution < -0.4 is 9.47 Å². The topological polar surface area (TPSA) is 236 Å². The molecule has 1 aromatic rings. The van der Waals surface area contributed by atoms with Gasteiger partial charge in [0.1, 0.15) is 29.8 Å². The number of carbonyl (C=O) groups is 1. The van der Waals surface area contributed by atoms with E-state index in [1.807, 2.05) is 0 Å². The summed E-state index contributed by atoms with van der Waals surface area (Å²) in [4.78, 5) is 12.0. The smallest absolute Gasteiger partial charge is 0.397 e. The van der Waals surface area contributed by atoms with Crippen LogP contribution in [-0.2, 0) is 48.5 Å². The Balaban J connectivity index is 2.87. The molecular formula is C14H20O16S3. The Morgan fingerprint density at radius 1 is 0.879 bits per heavy atom. The van der Waals surface area contributed by atoms with Crippen LogP contribution in [0.1, 0.15) is 16.8 Å². The van der Waals surface area contributed by atoms with Gasteiger partial charge in [-0.15, -0.1) is 0 Å². The van der Waals surface area contributed by atoms with Crippen LogP contribution in [-0.4, -0.2) is 84.5 Å². The summed E-state index contributed by atoms with van der Waals surface area (Å²) in [6, 6.07) is 3.62. The van der Waals surface area contributed by atoms with Crippen LogP contribution in [0.15, 0.2) is 18.2 Å². The van der Waals surface area contributed by atoms with Crippen LogP contribution in [0.4, 0.5) is 0 Å². The Bertz CT molecular complexity index is 1110. The Morgan fingerprint density at radius 2 is 1.52 bits per heavy atom. The Morgan fingerprint density at radius 3 is 2.06 bits per heavy atom. The molecule has 1 rings (SSSR count). The van der Waals surface area contributed by atoms with Gasteiger partial charge in [-0.2, -0.15) is 25.3 Å². The van der Waals surface area contributed by atoms with Crippen molar-refractivity contribution >= 4 is 37.2 Å². The molecule has 16 nitrogen and oxygen atoms in total. The monoisotopic (exact) mass is 540 g/mol. The van der Waals surface area contributed by atoms with Crippen molar-refractivity contribution in [3.8, 4) is 11.5 Å². The van der Waals surface area contributed by atoms with Crippen LogP contribution in [0.25, 0.3) is 0 Å². The second-order valence-electron chi connectivity index (χ2n) is 5.77. The molecule has 0 heterocycles. The molecule has 0 saturated heterocycles. The minimum absolute atomic E-state index is 0.0125. The molecule has 1 aromatic carbocycles. The van der Waals surface area contributed by atoms with Gasteiger partial charge in [-0.05, 0) is 18.2 Å². The normalized spacial score (nSPS) is 13.3. The fourth-order valence-electron chi connectivity index (χ4n) is 2.03. The second kappa shape index (κ2) is 12.4. The van der Waals surface area contributed by atoms with E-state index in [4.69, 9.17) is 23.1 Å². The van der Waals surface area contributed by atoms with Gasteiger partial charge >= 0.3 is 37.2 Å². The Labute approximate surface area is 189 Å². The van der Waals surface area contributed by atoms with Crippen molar-refractivity contribution in [1.29, 1.82) is 0 Å². The SMILES string of the molecule is COC(=O)c1cc(OCC(COS(=O)(=O)O)OS(=O)(=O)O)ccc1OCCCOS(=O)(=O)O. The lowest BCUT2D eigenvalue weighted by molar-refractivity contribution is 0.0593. The first-order chi connectivity index (χ1) is 15.1. The molecule has 19 heteroatoms. The summed E-state index contributed by atoms with van der Waals surface area (Å²) in [6.45, 7) is -2.29. The molecule has 0 saturated carbocycles. The molecule has 0 aliphatic rings. The summed E-state index contributed by atoms with van der Waals surface area (Å²) in [7, 11) is -13.5. The average molecular weight is 540 g/mol. The maximum Gasteiger partial charge on any atom is 0.397 e. The van der Waals surface area contributed by atoms with Gasteiger partial charge in [-0.3, -0.25) is 13.7 Å². The van der Waals surface area contributed by atoms with Crippen molar-refractivity contribution in [3.63, 3.8) is 0 Å². The minimum Gasteiger partial charge on any atom is -0.493 e. The third-order valence-corrected chi connectivity index (χ3v) is 4.65. The summed E-state index contributed by atoms with van der Waals surface area (Å²) < 4.78 is 117. The number of ether oxygens (including phenoxy) is 3. The van der Waals surface area contributed by atoms with Crippen LogP contribution in [0.5, 0.6) is 11.5 Å². The van der Waals surface area contributed by atoms with Crippen molar-refractivity contribution in [3.05, 3.63) is 23.8 Å². The highest BCUT2D eigenvalue weighted by atomic mass is 32.3. The molecule has 0 aliphatic heterocycles. The number of rotatable bonds is 15. The maximum absolute atomic E-state index is 12.0. The number of hydrogen-bond acceptors (Lipinski definition) is 13. The molecule has 0 aliphatic carbocycles. The standard InChI is InChI=1S/C14H20O16S3/c1-25-14(15)12-7-10(3-4-13(12)26-5-2-6-28-31(16,17)18)27-8-11(30-33(22,23)24)9-29-32(19,20)21/h3-4,7,11H,2,5-6,8-9H2,1H3,(H,16,17,18)(H,19,20,21)(H,22,23,24). The van der Waals surface area contributed by atoms with Gasteiger partial charge in [0.05, 0.1) is 26.9 Å². The van der Waals surface area contributed by atoms with E-state index in [9.17, 15) is 30.0 Å². The summed E-state index contributed by atoms with van der Waals surface area (Å²) in [5.74, 6) is -0.958. The molecule has 0 fully saturated rings. The predicted molar refractivity (Wildman–Crippen MR) is 105 cm³/mol. The predicted octanol–water partition coefficient (Wildman–Crippen LogP) is -0.552. The van der Waals surface area contributed by atoms with E-state index in [0.717, 1.165) is 13.2 Å². The number of esters is 1. The van der Waals surface area contributed by atoms with Crippen LogP contribution in [0.3, 0.4) is 0 Å². The van der Waals surface area contributed by atoms with Gasteiger partial charge in [0, 0.05) is 6.42 Å². The molecule has 33 heavy (non-hydrogen) atoms. The van der Waals surface area contributed by atoms with Crippen molar-refractivity contribution in [2.75, 3.05) is 33.5 Å². The molecule has 1 unspecified atom stereocenters. The molecule has 3 N–H and O–H groups in total. The van der Waals surface area contributed by atoms with E-state index in [-0.39, 0.29) is 30.1 Å². The molecule has 0 spiro atoms. The van der Waals surface area contributed by atoms with Gasteiger partial charge in [0.2, 0.25) is 0 Å².